The number of carbonyl (C=O) groups excluding carboxylic acids is 1. The zero-order chi connectivity index (χ0) is 22.5. The van der Waals surface area contributed by atoms with Gasteiger partial charge in [-0.2, -0.15) is 0 Å². The predicted octanol–water partition coefficient (Wildman–Crippen LogP) is 5.89. The Morgan fingerprint density at radius 2 is 1.97 bits per heavy atom. The molecule has 4 heteroatoms. The molecule has 3 atom stereocenters. The number of ketones is 1. The topological polar surface area (TPSA) is 74.6 Å². The fourth-order valence-electron chi connectivity index (χ4n) is 4.48. The minimum atomic E-state index is -0.855. The Labute approximate surface area is 187 Å². The third-order valence-electron chi connectivity index (χ3n) is 6.23. The van der Waals surface area contributed by atoms with Crippen LogP contribution in [0.25, 0.3) is 0 Å². The third kappa shape index (κ3) is 8.82. The van der Waals surface area contributed by atoms with Crippen molar-refractivity contribution in [2.45, 2.75) is 83.2 Å². The molecule has 0 radical (unpaired) electrons. The van der Waals surface area contributed by atoms with Crippen molar-refractivity contribution in [3.05, 3.63) is 60.2 Å². The van der Waals surface area contributed by atoms with Gasteiger partial charge in [-0.1, -0.05) is 80.8 Å². The largest absolute Gasteiger partial charge is 0.481 e. The van der Waals surface area contributed by atoms with E-state index in [1.54, 1.807) is 0 Å². The van der Waals surface area contributed by atoms with Crippen molar-refractivity contribution in [3.63, 3.8) is 0 Å². The number of carboxylic acids is 1. The van der Waals surface area contributed by atoms with E-state index in [1.807, 2.05) is 54.6 Å². The van der Waals surface area contributed by atoms with E-state index in [0.29, 0.717) is 38.5 Å². The van der Waals surface area contributed by atoms with Crippen molar-refractivity contribution < 1.29 is 19.8 Å². The van der Waals surface area contributed by atoms with Gasteiger partial charge in [0.15, 0.2) is 0 Å². The Bertz CT molecular complexity index is 737. The maximum absolute atomic E-state index is 11.9. The maximum Gasteiger partial charge on any atom is 0.307 e. The monoisotopic (exact) mass is 426 g/mol. The molecule has 1 aromatic rings. The Morgan fingerprint density at radius 3 is 2.61 bits per heavy atom. The van der Waals surface area contributed by atoms with E-state index in [9.17, 15) is 19.8 Å². The zero-order valence-electron chi connectivity index (χ0n) is 18.8. The molecule has 2 N–H and O–H groups in total. The van der Waals surface area contributed by atoms with E-state index in [4.69, 9.17) is 0 Å². The van der Waals surface area contributed by atoms with Crippen molar-refractivity contribution >= 4 is 11.8 Å². The normalized spacial score (nSPS) is 19.8. The summed E-state index contributed by atoms with van der Waals surface area (Å²) < 4.78 is 0. The van der Waals surface area contributed by atoms with Gasteiger partial charge in [0, 0.05) is 18.8 Å². The van der Waals surface area contributed by atoms with E-state index in [1.165, 1.54) is 0 Å². The predicted molar refractivity (Wildman–Crippen MR) is 125 cm³/mol. The van der Waals surface area contributed by atoms with Gasteiger partial charge in [0.2, 0.25) is 0 Å². The molecule has 1 aliphatic carbocycles. The number of benzene rings is 1. The summed E-state index contributed by atoms with van der Waals surface area (Å²) in [5, 5.41) is 20.6. The van der Waals surface area contributed by atoms with Crippen LogP contribution in [0, 0.1) is 11.8 Å². The van der Waals surface area contributed by atoms with Crippen LogP contribution >= 0.6 is 0 Å². The number of hydrogen-bond acceptors (Lipinski definition) is 3. The molecule has 1 saturated carbocycles. The molecule has 4 nitrogen and oxygen atoms in total. The first kappa shape index (κ1) is 25.1. The number of rotatable bonds is 14. The first-order chi connectivity index (χ1) is 14.9. The number of carboxylic acid groups (broad SMARTS) is 1. The molecule has 0 aliphatic heterocycles. The number of aliphatic hydroxyl groups is 1. The average molecular weight is 427 g/mol. The summed E-state index contributed by atoms with van der Waals surface area (Å²) in [6.45, 7) is 2.16. The van der Waals surface area contributed by atoms with Gasteiger partial charge in [-0.05, 0) is 44.1 Å². The Kier molecular flexibility index (Phi) is 10.7. The molecule has 31 heavy (non-hydrogen) atoms. The molecule has 0 heterocycles. The van der Waals surface area contributed by atoms with E-state index in [2.05, 4.69) is 6.92 Å². The Hall–Kier alpha value is -2.20. The van der Waals surface area contributed by atoms with Gasteiger partial charge in [-0.25, -0.2) is 0 Å². The lowest BCUT2D eigenvalue weighted by molar-refractivity contribution is -0.146. The fraction of sp³-hybridized carbons (Fsp3) is 0.556. The van der Waals surface area contributed by atoms with Crippen LogP contribution in [0.15, 0.2) is 54.6 Å². The van der Waals surface area contributed by atoms with Crippen LogP contribution in [-0.4, -0.2) is 27.6 Å². The first-order valence-electron chi connectivity index (χ1n) is 11.8. The van der Waals surface area contributed by atoms with Crippen molar-refractivity contribution in [1.29, 1.82) is 0 Å². The summed E-state index contributed by atoms with van der Waals surface area (Å²) in [6, 6.07) is 10.1. The summed E-state index contributed by atoms with van der Waals surface area (Å²) >= 11 is 0. The second-order valence-corrected chi connectivity index (χ2v) is 8.82. The van der Waals surface area contributed by atoms with Gasteiger partial charge in [-0.15, -0.1) is 0 Å². The standard InChI is InChI=1S/C27H38O4/c1-2-3-11-19-27(31,21-22-14-8-7-9-15-22)20-12-6-4-5-10-16-24(26(29)30)23-17-13-18-25(23)28/h4-5,7-9,12,14-15,20,23-24,31H,2-3,6,10-11,13,16-19,21H2,1H3,(H,29,30)/b5-4+,20-12-/t23-,24+,27?/m1/s1. The lowest BCUT2D eigenvalue weighted by Crippen LogP contribution is -2.28. The molecule has 0 aromatic heterocycles. The number of hydrogen-bond donors (Lipinski definition) is 2. The van der Waals surface area contributed by atoms with Crippen LogP contribution in [0.3, 0.4) is 0 Å². The van der Waals surface area contributed by atoms with Crippen molar-refractivity contribution in [2.75, 3.05) is 0 Å². The van der Waals surface area contributed by atoms with Crippen LogP contribution in [0.2, 0.25) is 0 Å². The van der Waals surface area contributed by atoms with Crippen LogP contribution in [0.1, 0.15) is 76.7 Å². The summed E-state index contributed by atoms with van der Waals surface area (Å²) in [6.07, 6.45) is 16.4. The SMILES string of the molecule is CCCCCC(O)(/C=C\C/C=C/CC[C@H](C(=O)O)[C@H]1CCCC1=O)Cc1ccccc1. The van der Waals surface area contributed by atoms with Gasteiger partial charge in [0.25, 0.3) is 0 Å². The van der Waals surface area contributed by atoms with Crippen LogP contribution in [0.5, 0.6) is 0 Å². The Balaban J connectivity index is 1.84. The highest BCUT2D eigenvalue weighted by atomic mass is 16.4. The molecule has 0 bridgehead atoms. The second-order valence-electron chi connectivity index (χ2n) is 8.82. The molecular formula is C27H38O4. The van der Waals surface area contributed by atoms with Crippen LogP contribution in [0.4, 0.5) is 0 Å². The lowest BCUT2D eigenvalue weighted by atomic mass is 9.86. The highest BCUT2D eigenvalue weighted by Gasteiger charge is 2.35. The zero-order valence-corrected chi connectivity index (χ0v) is 18.8. The van der Waals surface area contributed by atoms with E-state index < -0.39 is 17.5 Å². The van der Waals surface area contributed by atoms with Crippen molar-refractivity contribution in [2.24, 2.45) is 11.8 Å². The first-order valence-corrected chi connectivity index (χ1v) is 11.8. The summed E-state index contributed by atoms with van der Waals surface area (Å²) in [7, 11) is 0. The van der Waals surface area contributed by atoms with E-state index >= 15 is 0 Å². The molecule has 1 aliphatic rings. The van der Waals surface area contributed by atoms with Crippen molar-refractivity contribution in [1.82, 2.24) is 0 Å². The third-order valence-corrected chi connectivity index (χ3v) is 6.23. The van der Waals surface area contributed by atoms with Gasteiger partial charge in [0.05, 0.1) is 11.5 Å². The van der Waals surface area contributed by atoms with Crippen LogP contribution < -0.4 is 0 Å². The molecule has 2 rings (SSSR count). The smallest absolute Gasteiger partial charge is 0.307 e. The second kappa shape index (κ2) is 13.3. The Morgan fingerprint density at radius 1 is 1.19 bits per heavy atom. The minimum Gasteiger partial charge on any atom is -0.481 e. The number of carbonyl (C=O) groups is 2. The molecule has 0 saturated heterocycles. The van der Waals surface area contributed by atoms with Gasteiger partial charge in [-0.3, -0.25) is 9.59 Å². The fourth-order valence-corrected chi connectivity index (χ4v) is 4.48. The lowest BCUT2D eigenvalue weighted by Gasteiger charge is -2.25. The molecule has 0 spiro atoms. The summed E-state index contributed by atoms with van der Waals surface area (Å²) in [4.78, 5) is 23.5. The summed E-state index contributed by atoms with van der Waals surface area (Å²) in [5.41, 5.74) is 0.282. The summed E-state index contributed by atoms with van der Waals surface area (Å²) in [5.74, 6) is -1.61. The van der Waals surface area contributed by atoms with Crippen LogP contribution in [-0.2, 0) is 16.0 Å². The number of unbranched alkanes of at least 4 members (excludes halogenated alkanes) is 2. The number of aliphatic carboxylic acids is 1. The van der Waals surface area contributed by atoms with E-state index in [0.717, 1.165) is 37.7 Å². The average Bonchev–Trinajstić information content (AvgIpc) is 3.16. The van der Waals surface area contributed by atoms with Gasteiger partial charge in [0.1, 0.15) is 5.78 Å². The maximum atomic E-state index is 11.9. The quantitative estimate of drug-likeness (QED) is 0.287. The molecule has 0 amide bonds. The highest BCUT2D eigenvalue weighted by Crippen LogP contribution is 2.31. The number of allylic oxidation sites excluding steroid dienone is 3. The number of Topliss-reactive ketones (excluding diaryl/α,β-unsaturated/α-hetero) is 1. The van der Waals surface area contributed by atoms with Crippen molar-refractivity contribution in [3.8, 4) is 0 Å². The molecule has 1 fully saturated rings. The molecule has 1 unspecified atom stereocenters. The molecule has 170 valence electrons. The van der Waals surface area contributed by atoms with Gasteiger partial charge >= 0.3 is 5.97 Å². The minimum absolute atomic E-state index is 0.111. The molecular weight excluding hydrogens is 388 g/mol. The molecule has 1 aromatic carbocycles. The highest BCUT2D eigenvalue weighted by molar-refractivity contribution is 5.87. The van der Waals surface area contributed by atoms with E-state index in [-0.39, 0.29) is 11.7 Å². The van der Waals surface area contributed by atoms with Gasteiger partial charge < -0.3 is 10.2 Å².